The van der Waals surface area contributed by atoms with Gasteiger partial charge in [-0.15, -0.1) is 0 Å². The second-order valence-corrected chi connectivity index (χ2v) is 7.71. The molecule has 1 N–H and O–H groups in total. The van der Waals surface area contributed by atoms with Crippen molar-refractivity contribution in [3.8, 4) is 0 Å². The minimum absolute atomic E-state index is 0.207. The molecule has 0 aliphatic rings. The molecule has 0 aliphatic heterocycles. The highest BCUT2D eigenvalue weighted by Gasteiger charge is 2.29. The third-order valence-electron chi connectivity index (χ3n) is 4.24. The first-order valence-corrected chi connectivity index (χ1v) is 8.22. The molecule has 0 aromatic rings. The van der Waals surface area contributed by atoms with Crippen LogP contribution in [0.1, 0.15) is 53.9 Å². The van der Waals surface area contributed by atoms with Crippen LogP contribution in [0.15, 0.2) is 0 Å². The maximum absolute atomic E-state index is 3.71. The van der Waals surface area contributed by atoms with E-state index in [0.29, 0.717) is 5.41 Å². The SMILES string of the molecule is CCC(CC)(CNC(C)(C)C)CN(C)CCCN(C)C. The number of rotatable bonds is 10. The molecule has 0 aromatic carbocycles. The first-order valence-electron chi connectivity index (χ1n) is 8.22. The van der Waals surface area contributed by atoms with Crippen LogP contribution in [0.4, 0.5) is 0 Å². The van der Waals surface area contributed by atoms with E-state index in [1.807, 2.05) is 0 Å². The van der Waals surface area contributed by atoms with Crippen LogP contribution >= 0.6 is 0 Å². The second-order valence-electron chi connectivity index (χ2n) is 7.71. The van der Waals surface area contributed by atoms with Crippen molar-refractivity contribution in [2.75, 3.05) is 47.3 Å². The summed E-state index contributed by atoms with van der Waals surface area (Å²) >= 11 is 0. The van der Waals surface area contributed by atoms with E-state index < -0.39 is 0 Å². The Labute approximate surface area is 128 Å². The lowest BCUT2D eigenvalue weighted by Gasteiger charge is -2.38. The molecule has 0 spiro atoms. The maximum Gasteiger partial charge on any atom is 0.00967 e. The van der Waals surface area contributed by atoms with Crippen molar-refractivity contribution >= 4 is 0 Å². The summed E-state index contributed by atoms with van der Waals surface area (Å²) in [5.74, 6) is 0. The molecule has 0 atom stereocenters. The predicted octanol–water partition coefficient (Wildman–Crippen LogP) is 3.06. The van der Waals surface area contributed by atoms with Crippen LogP contribution in [0.3, 0.4) is 0 Å². The molecule has 122 valence electrons. The molecule has 0 saturated heterocycles. The molecule has 0 bridgehead atoms. The Bertz CT molecular complexity index is 239. The first-order chi connectivity index (χ1) is 9.14. The average Bonchev–Trinajstić information content (AvgIpc) is 2.33. The first kappa shape index (κ1) is 19.9. The zero-order valence-electron chi connectivity index (χ0n) is 15.3. The molecule has 20 heavy (non-hydrogen) atoms. The van der Waals surface area contributed by atoms with Crippen LogP contribution in [0, 0.1) is 5.41 Å². The van der Waals surface area contributed by atoms with Gasteiger partial charge in [0.05, 0.1) is 0 Å². The Morgan fingerprint density at radius 3 is 1.85 bits per heavy atom. The summed E-state index contributed by atoms with van der Waals surface area (Å²) in [5, 5.41) is 3.71. The van der Waals surface area contributed by atoms with E-state index in [0.717, 1.165) is 6.54 Å². The van der Waals surface area contributed by atoms with Gasteiger partial charge in [0.25, 0.3) is 0 Å². The highest BCUT2D eigenvalue weighted by atomic mass is 15.1. The summed E-state index contributed by atoms with van der Waals surface area (Å²) in [4.78, 5) is 4.78. The molecule has 0 aliphatic carbocycles. The van der Waals surface area contributed by atoms with E-state index in [1.165, 1.54) is 38.9 Å². The van der Waals surface area contributed by atoms with Gasteiger partial charge in [-0.1, -0.05) is 13.8 Å². The average molecular weight is 286 g/mol. The summed E-state index contributed by atoms with van der Waals surface area (Å²) in [6.07, 6.45) is 3.73. The fourth-order valence-corrected chi connectivity index (χ4v) is 2.54. The Morgan fingerprint density at radius 1 is 0.900 bits per heavy atom. The fourth-order valence-electron chi connectivity index (χ4n) is 2.54. The Balaban J connectivity index is 4.36. The monoisotopic (exact) mass is 285 g/mol. The molecule has 0 radical (unpaired) electrons. The standard InChI is InChI=1S/C17H39N3/c1-9-17(10-2,14-18-16(3,4)5)15-20(8)13-11-12-19(6)7/h18H,9-15H2,1-8H3. The number of nitrogens with zero attached hydrogens (tertiary/aromatic N) is 2. The molecule has 3 nitrogen and oxygen atoms in total. The highest BCUT2D eigenvalue weighted by Crippen LogP contribution is 2.27. The van der Waals surface area contributed by atoms with Gasteiger partial charge in [0.1, 0.15) is 0 Å². The Morgan fingerprint density at radius 2 is 1.45 bits per heavy atom. The topological polar surface area (TPSA) is 18.5 Å². The predicted molar refractivity (Wildman–Crippen MR) is 91.4 cm³/mol. The van der Waals surface area contributed by atoms with E-state index in [1.54, 1.807) is 0 Å². The van der Waals surface area contributed by atoms with Gasteiger partial charge in [0, 0.05) is 18.6 Å². The van der Waals surface area contributed by atoms with Crippen molar-refractivity contribution in [1.29, 1.82) is 0 Å². The summed E-state index contributed by atoms with van der Waals surface area (Å²) in [5.41, 5.74) is 0.610. The van der Waals surface area contributed by atoms with Gasteiger partial charge >= 0.3 is 0 Å². The van der Waals surface area contributed by atoms with Crippen molar-refractivity contribution in [2.24, 2.45) is 5.41 Å². The lowest BCUT2D eigenvalue weighted by Crippen LogP contribution is -2.48. The molecule has 0 unspecified atom stereocenters. The number of hydrogen-bond donors (Lipinski definition) is 1. The van der Waals surface area contributed by atoms with Crippen molar-refractivity contribution in [3.05, 3.63) is 0 Å². The fraction of sp³-hybridized carbons (Fsp3) is 1.00. The van der Waals surface area contributed by atoms with Gasteiger partial charge in [0.15, 0.2) is 0 Å². The summed E-state index contributed by atoms with van der Waals surface area (Å²) < 4.78 is 0. The zero-order chi connectivity index (χ0) is 15.8. The largest absolute Gasteiger partial charge is 0.311 e. The molecule has 0 rings (SSSR count). The molecular weight excluding hydrogens is 246 g/mol. The van der Waals surface area contributed by atoms with Crippen LogP contribution in [0.5, 0.6) is 0 Å². The van der Waals surface area contributed by atoms with Crippen molar-refractivity contribution in [2.45, 2.75) is 59.4 Å². The van der Waals surface area contributed by atoms with Crippen LogP contribution in [0.25, 0.3) is 0 Å². The lowest BCUT2D eigenvalue weighted by molar-refractivity contribution is 0.141. The van der Waals surface area contributed by atoms with E-state index in [9.17, 15) is 0 Å². The molecule has 0 heterocycles. The molecule has 0 fully saturated rings. The maximum atomic E-state index is 3.71. The van der Waals surface area contributed by atoms with Gasteiger partial charge in [-0.3, -0.25) is 0 Å². The molecular formula is C17H39N3. The van der Waals surface area contributed by atoms with Crippen LogP contribution in [-0.4, -0.2) is 62.7 Å². The summed E-state index contributed by atoms with van der Waals surface area (Å²) in [7, 11) is 6.57. The van der Waals surface area contributed by atoms with Crippen molar-refractivity contribution in [3.63, 3.8) is 0 Å². The van der Waals surface area contributed by atoms with Gasteiger partial charge in [-0.05, 0) is 79.7 Å². The van der Waals surface area contributed by atoms with Gasteiger partial charge in [-0.2, -0.15) is 0 Å². The summed E-state index contributed by atoms with van der Waals surface area (Å²) in [6.45, 7) is 16.1. The minimum Gasteiger partial charge on any atom is -0.311 e. The number of nitrogens with one attached hydrogen (secondary N) is 1. The molecule has 0 amide bonds. The van der Waals surface area contributed by atoms with E-state index in [4.69, 9.17) is 0 Å². The summed E-state index contributed by atoms with van der Waals surface area (Å²) in [6, 6.07) is 0. The van der Waals surface area contributed by atoms with Crippen molar-refractivity contribution < 1.29 is 0 Å². The van der Waals surface area contributed by atoms with Crippen LogP contribution < -0.4 is 5.32 Å². The third-order valence-corrected chi connectivity index (χ3v) is 4.24. The highest BCUT2D eigenvalue weighted by molar-refractivity contribution is 4.85. The second kappa shape index (κ2) is 9.01. The Hall–Kier alpha value is -0.120. The Kier molecular flexibility index (Phi) is 8.96. The van der Waals surface area contributed by atoms with Crippen LogP contribution in [0.2, 0.25) is 0 Å². The van der Waals surface area contributed by atoms with E-state index >= 15 is 0 Å². The zero-order valence-corrected chi connectivity index (χ0v) is 15.3. The molecule has 0 aromatic heterocycles. The van der Waals surface area contributed by atoms with Crippen molar-refractivity contribution in [1.82, 2.24) is 15.1 Å². The van der Waals surface area contributed by atoms with Crippen LogP contribution in [-0.2, 0) is 0 Å². The van der Waals surface area contributed by atoms with Gasteiger partial charge in [0.2, 0.25) is 0 Å². The quantitative estimate of drug-likeness (QED) is 0.665. The third kappa shape index (κ3) is 8.93. The number of hydrogen-bond acceptors (Lipinski definition) is 3. The van der Waals surface area contributed by atoms with E-state index in [2.05, 4.69) is 70.9 Å². The molecule has 3 heteroatoms. The molecule has 0 saturated carbocycles. The minimum atomic E-state index is 0.207. The smallest absolute Gasteiger partial charge is 0.00967 e. The lowest BCUT2D eigenvalue weighted by atomic mass is 9.81. The normalized spacial score (nSPS) is 13.5. The van der Waals surface area contributed by atoms with E-state index in [-0.39, 0.29) is 5.54 Å². The van der Waals surface area contributed by atoms with Gasteiger partial charge in [-0.25, -0.2) is 0 Å². The van der Waals surface area contributed by atoms with Gasteiger partial charge < -0.3 is 15.1 Å².